The minimum atomic E-state index is -0.347. The van der Waals surface area contributed by atoms with Crippen LogP contribution in [0.5, 0.6) is 0 Å². The number of carbonyl (C=O) groups is 2. The van der Waals surface area contributed by atoms with Crippen molar-refractivity contribution in [2.24, 2.45) is 0 Å². The van der Waals surface area contributed by atoms with E-state index in [2.05, 4.69) is 17.1 Å². The van der Waals surface area contributed by atoms with Crippen LogP contribution in [-0.2, 0) is 16.0 Å². The number of aromatic amines is 1. The zero-order valence-corrected chi connectivity index (χ0v) is 15.2. The molecule has 1 saturated heterocycles. The number of hydrogen-bond donors (Lipinski definition) is 1. The van der Waals surface area contributed by atoms with Crippen molar-refractivity contribution < 1.29 is 9.59 Å². The van der Waals surface area contributed by atoms with Crippen LogP contribution in [0.25, 0.3) is 10.9 Å². The van der Waals surface area contributed by atoms with Crippen LogP contribution in [0, 0.1) is 0 Å². The van der Waals surface area contributed by atoms with Gasteiger partial charge < -0.3 is 14.8 Å². The van der Waals surface area contributed by atoms with E-state index < -0.39 is 0 Å². The van der Waals surface area contributed by atoms with E-state index in [4.69, 9.17) is 0 Å². The number of H-pyrrole nitrogens is 1. The van der Waals surface area contributed by atoms with E-state index in [0.29, 0.717) is 6.42 Å². The van der Waals surface area contributed by atoms with Crippen LogP contribution in [0.2, 0.25) is 0 Å². The molecule has 0 spiro atoms. The van der Waals surface area contributed by atoms with Gasteiger partial charge in [-0.15, -0.1) is 0 Å². The van der Waals surface area contributed by atoms with Gasteiger partial charge in [0.15, 0.2) is 0 Å². The fraction of sp³-hybridized carbons (Fsp3) is 0.524. The Hall–Kier alpha value is -2.30. The molecule has 2 amide bonds. The van der Waals surface area contributed by atoms with Crippen molar-refractivity contribution in [2.45, 2.75) is 63.6 Å². The number of benzene rings is 1. The van der Waals surface area contributed by atoms with Crippen molar-refractivity contribution >= 4 is 22.7 Å². The van der Waals surface area contributed by atoms with Crippen molar-refractivity contribution in [1.82, 2.24) is 14.8 Å². The van der Waals surface area contributed by atoms with Crippen LogP contribution in [-0.4, -0.2) is 45.2 Å². The zero-order valence-electron chi connectivity index (χ0n) is 15.2. The number of amides is 2. The van der Waals surface area contributed by atoms with E-state index in [-0.39, 0.29) is 36.5 Å². The summed E-state index contributed by atoms with van der Waals surface area (Å²) in [6, 6.07) is 8.06. The molecule has 2 fully saturated rings. The molecule has 2 aliphatic heterocycles. The van der Waals surface area contributed by atoms with Gasteiger partial charge in [-0.1, -0.05) is 37.5 Å². The number of rotatable bonds is 1. The van der Waals surface area contributed by atoms with Gasteiger partial charge >= 0.3 is 0 Å². The predicted octanol–water partition coefficient (Wildman–Crippen LogP) is 3.16. The maximum absolute atomic E-state index is 13.3. The molecule has 2 unspecified atom stereocenters. The summed E-state index contributed by atoms with van der Waals surface area (Å²) in [4.78, 5) is 33.5. The highest BCUT2D eigenvalue weighted by atomic mass is 16.2. The molecular formula is C21H25N3O2. The van der Waals surface area contributed by atoms with E-state index in [1.165, 1.54) is 30.2 Å². The Bertz CT molecular complexity index is 881. The van der Waals surface area contributed by atoms with Crippen molar-refractivity contribution in [3.8, 4) is 0 Å². The van der Waals surface area contributed by atoms with Crippen LogP contribution in [0.15, 0.2) is 24.3 Å². The van der Waals surface area contributed by atoms with Gasteiger partial charge in [-0.3, -0.25) is 9.59 Å². The summed E-state index contributed by atoms with van der Waals surface area (Å²) in [6.45, 7) is 2.29. The molecule has 2 atom stereocenters. The molecule has 1 aromatic heterocycles. The number of hydrogen-bond acceptors (Lipinski definition) is 2. The SMILES string of the molecule is CC1c2[nH]c3ccccc3c2CC2C(=O)N(C3CCCCC3)CC(=O)N21. The predicted molar refractivity (Wildman–Crippen MR) is 99.6 cm³/mol. The highest BCUT2D eigenvalue weighted by Crippen LogP contribution is 2.39. The fourth-order valence-corrected chi connectivity index (χ4v) is 5.29. The van der Waals surface area contributed by atoms with Gasteiger partial charge in [0, 0.05) is 29.1 Å². The topological polar surface area (TPSA) is 56.4 Å². The van der Waals surface area contributed by atoms with Crippen LogP contribution in [0.1, 0.15) is 56.3 Å². The number of piperazine rings is 1. The lowest BCUT2D eigenvalue weighted by atomic mass is 9.87. The van der Waals surface area contributed by atoms with Crippen LogP contribution in [0.3, 0.4) is 0 Å². The Morgan fingerprint density at radius 2 is 1.85 bits per heavy atom. The van der Waals surface area contributed by atoms with Gasteiger partial charge in [0.25, 0.3) is 0 Å². The van der Waals surface area contributed by atoms with Gasteiger partial charge in [0.1, 0.15) is 12.6 Å². The molecular weight excluding hydrogens is 326 g/mol. The number of aromatic nitrogens is 1. The number of fused-ring (bicyclic) bond motifs is 4. The number of nitrogens with one attached hydrogen (secondary N) is 1. The van der Waals surface area contributed by atoms with E-state index >= 15 is 0 Å². The van der Waals surface area contributed by atoms with E-state index in [9.17, 15) is 9.59 Å². The van der Waals surface area contributed by atoms with E-state index in [0.717, 1.165) is 24.1 Å². The molecule has 26 heavy (non-hydrogen) atoms. The lowest BCUT2D eigenvalue weighted by Crippen LogP contribution is -2.64. The Kier molecular flexibility index (Phi) is 3.59. The molecule has 5 heteroatoms. The van der Waals surface area contributed by atoms with Gasteiger partial charge in [-0.05, 0) is 31.4 Å². The van der Waals surface area contributed by atoms with Gasteiger partial charge in [-0.2, -0.15) is 0 Å². The average Bonchev–Trinajstić information content (AvgIpc) is 3.04. The first-order valence-corrected chi connectivity index (χ1v) is 9.86. The zero-order chi connectivity index (χ0) is 17.8. The molecule has 1 N–H and O–H groups in total. The molecule has 0 radical (unpaired) electrons. The Balaban J connectivity index is 1.53. The first-order valence-electron chi connectivity index (χ1n) is 9.86. The summed E-state index contributed by atoms with van der Waals surface area (Å²) in [5.74, 6) is 0.247. The highest BCUT2D eigenvalue weighted by molar-refractivity contribution is 5.97. The highest BCUT2D eigenvalue weighted by Gasteiger charge is 2.47. The van der Waals surface area contributed by atoms with E-state index in [1.54, 1.807) is 0 Å². The Morgan fingerprint density at radius 3 is 2.65 bits per heavy atom. The van der Waals surface area contributed by atoms with E-state index in [1.807, 2.05) is 28.9 Å². The molecule has 2 aromatic rings. The molecule has 3 heterocycles. The van der Waals surface area contributed by atoms with Crippen molar-refractivity contribution in [1.29, 1.82) is 0 Å². The minimum absolute atomic E-state index is 0.0823. The van der Waals surface area contributed by atoms with Crippen molar-refractivity contribution in [2.75, 3.05) is 6.54 Å². The van der Waals surface area contributed by atoms with Crippen LogP contribution < -0.4 is 0 Å². The largest absolute Gasteiger partial charge is 0.356 e. The first-order chi connectivity index (χ1) is 12.6. The summed E-state index contributed by atoms with van der Waals surface area (Å²) in [7, 11) is 0. The third kappa shape index (κ3) is 2.22. The monoisotopic (exact) mass is 351 g/mol. The fourth-order valence-electron chi connectivity index (χ4n) is 5.29. The van der Waals surface area contributed by atoms with Gasteiger partial charge in [-0.25, -0.2) is 0 Å². The second-order valence-corrected chi connectivity index (χ2v) is 8.02. The number of para-hydroxylation sites is 1. The molecule has 136 valence electrons. The Morgan fingerprint density at radius 1 is 1.08 bits per heavy atom. The maximum atomic E-state index is 13.3. The van der Waals surface area contributed by atoms with Gasteiger partial charge in [0.05, 0.1) is 6.04 Å². The van der Waals surface area contributed by atoms with Crippen molar-refractivity contribution in [3.63, 3.8) is 0 Å². The molecule has 0 bridgehead atoms. The summed E-state index contributed by atoms with van der Waals surface area (Å²) in [5.41, 5.74) is 3.39. The number of carbonyl (C=O) groups excluding carboxylic acids is 2. The minimum Gasteiger partial charge on any atom is -0.356 e. The van der Waals surface area contributed by atoms with Crippen LogP contribution in [0.4, 0.5) is 0 Å². The molecule has 5 rings (SSSR count). The van der Waals surface area contributed by atoms with Crippen molar-refractivity contribution in [3.05, 3.63) is 35.5 Å². The lowest BCUT2D eigenvalue weighted by molar-refractivity contribution is -0.162. The second kappa shape index (κ2) is 5.86. The summed E-state index contributed by atoms with van der Waals surface area (Å²) in [5, 5.41) is 1.18. The summed E-state index contributed by atoms with van der Waals surface area (Å²) in [6.07, 6.45) is 6.29. The standard InChI is InChI=1S/C21H25N3O2/c1-13-20-16(15-9-5-6-10-17(15)22-20)11-18-21(26)23(12-19(25)24(13)18)14-7-3-2-4-8-14/h5-6,9-10,13-14,18,22H,2-4,7-8,11-12H2,1H3. The summed E-state index contributed by atoms with van der Waals surface area (Å²) < 4.78 is 0. The molecule has 1 aromatic carbocycles. The number of nitrogens with zero attached hydrogens (tertiary/aromatic N) is 2. The normalized spacial score (nSPS) is 27.0. The third-order valence-corrected chi connectivity index (χ3v) is 6.59. The molecule has 1 saturated carbocycles. The third-order valence-electron chi connectivity index (χ3n) is 6.59. The quantitative estimate of drug-likeness (QED) is 0.858. The first kappa shape index (κ1) is 15.9. The molecule has 3 aliphatic rings. The molecule has 1 aliphatic carbocycles. The average molecular weight is 351 g/mol. The second-order valence-electron chi connectivity index (χ2n) is 8.02. The molecule has 5 nitrogen and oxygen atoms in total. The summed E-state index contributed by atoms with van der Waals surface area (Å²) >= 11 is 0. The maximum Gasteiger partial charge on any atom is 0.246 e. The van der Waals surface area contributed by atoms with Gasteiger partial charge in [0.2, 0.25) is 11.8 Å². The Labute approximate surface area is 153 Å². The smallest absolute Gasteiger partial charge is 0.246 e. The lowest BCUT2D eigenvalue weighted by Gasteiger charge is -2.48. The van der Waals surface area contributed by atoms with Crippen LogP contribution >= 0.6 is 0 Å².